The second-order valence-corrected chi connectivity index (χ2v) is 6.38. The minimum atomic E-state index is -0.340. The van der Waals surface area contributed by atoms with Crippen LogP contribution in [0.25, 0.3) is 0 Å². The van der Waals surface area contributed by atoms with Crippen LogP contribution in [0.4, 0.5) is 10.1 Å². The van der Waals surface area contributed by atoms with Gasteiger partial charge in [0, 0.05) is 5.69 Å². The summed E-state index contributed by atoms with van der Waals surface area (Å²) in [5.74, 6) is -0.838. The molecule has 1 aromatic rings. The van der Waals surface area contributed by atoms with Crippen molar-refractivity contribution in [2.75, 3.05) is 25.0 Å². The molecule has 2 N–H and O–H groups in total. The fraction of sp³-hybridized carbons (Fsp3) is 0.556. The van der Waals surface area contributed by atoms with Gasteiger partial charge < -0.3 is 15.0 Å². The molecule has 0 aliphatic carbocycles. The maximum Gasteiger partial charge on any atom is 0.314 e. The number of quaternary nitrogens is 1. The van der Waals surface area contributed by atoms with Crippen molar-refractivity contribution in [1.82, 2.24) is 0 Å². The van der Waals surface area contributed by atoms with Crippen LogP contribution in [-0.4, -0.2) is 37.6 Å². The first-order chi connectivity index (χ1) is 11.4. The molecule has 24 heavy (non-hydrogen) atoms. The molecule has 5 nitrogen and oxygen atoms in total. The number of aryl methyl sites for hydroxylation is 1. The van der Waals surface area contributed by atoms with Gasteiger partial charge in [-0.15, -0.1) is 0 Å². The van der Waals surface area contributed by atoms with E-state index in [4.69, 9.17) is 4.74 Å². The summed E-state index contributed by atoms with van der Waals surface area (Å²) in [4.78, 5) is 25.4. The van der Waals surface area contributed by atoms with Gasteiger partial charge in [0.1, 0.15) is 11.7 Å². The molecule has 1 aromatic carbocycles. The number of piperidine rings is 1. The van der Waals surface area contributed by atoms with E-state index in [1.807, 2.05) is 6.92 Å². The van der Waals surface area contributed by atoms with Gasteiger partial charge in [0.05, 0.1) is 19.7 Å². The average Bonchev–Trinajstić information content (AvgIpc) is 2.57. The minimum absolute atomic E-state index is 0.152. The van der Waals surface area contributed by atoms with Crippen molar-refractivity contribution < 1.29 is 23.6 Å². The van der Waals surface area contributed by atoms with Crippen LogP contribution in [0.5, 0.6) is 0 Å². The topological polar surface area (TPSA) is 59.8 Å². The van der Waals surface area contributed by atoms with Crippen molar-refractivity contribution >= 4 is 17.6 Å². The molecule has 2 rings (SSSR count). The van der Waals surface area contributed by atoms with E-state index in [1.54, 1.807) is 26.0 Å². The Labute approximate surface area is 142 Å². The second-order valence-electron chi connectivity index (χ2n) is 6.38. The Hall–Kier alpha value is -1.95. The third-order valence-corrected chi connectivity index (χ3v) is 4.62. The van der Waals surface area contributed by atoms with Crippen LogP contribution < -0.4 is 10.2 Å². The number of carbonyl (C=O) groups is 2. The number of likely N-dealkylation sites (tertiary alicyclic amines) is 1. The van der Waals surface area contributed by atoms with Crippen molar-refractivity contribution in [3.05, 3.63) is 29.6 Å². The molecule has 1 aliphatic heterocycles. The Morgan fingerprint density at radius 1 is 1.46 bits per heavy atom. The molecule has 1 aliphatic rings. The summed E-state index contributed by atoms with van der Waals surface area (Å²) in [6, 6.07) is 4.34. The van der Waals surface area contributed by atoms with Crippen molar-refractivity contribution in [3.63, 3.8) is 0 Å². The van der Waals surface area contributed by atoms with Crippen LogP contribution in [0.2, 0.25) is 0 Å². The summed E-state index contributed by atoms with van der Waals surface area (Å²) in [5, 5.41) is 2.76. The summed E-state index contributed by atoms with van der Waals surface area (Å²) in [6.45, 7) is 7.12. The second kappa shape index (κ2) is 8.24. The van der Waals surface area contributed by atoms with Crippen LogP contribution in [-0.2, 0) is 14.3 Å². The van der Waals surface area contributed by atoms with Crippen molar-refractivity contribution in [2.45, 2.75) is 39.7 Å². The first-order valence-corrected chi connectivity index (χ1v) is 8.50. The fourth-order valence-corrected chi connectivity index (χ4v) is 3.06. The molecular weight excluding hydrogens is 311 g/mol. The van der Waals surface area contributed by atoms with E-state index in [0.29, 0.717) is 24.4 Å². The van der Waals surface area contributed by atoms with Crippen LogP contribution in [0.15, 0.2) is 18.2 Å². The number of nitrogens with one attached hydrogen (secondary N) is 2. The van der Waals surface area contributed by atoms with Gasteiger partial charge >= 0.3 is 5.97 Å². The van der Waals surface area contributed by atoms with E-state index < -0.39 is 0 Å². The Kier molecular flexibility index (Phi) is 6.31. The lowest BCUT2D eigenvalue weighted by Crippen LogP contribution is -3.18. The molecule has 1 fully saturated rings. The van der Waals surface area contributed by atoms with E-state index in [2.05, 4.69) is 5.32 Å². The molecular formula is C18H26FN2O3+. The largest absolute Gasteiger partial charge is 0.466 e. The third kappa shape index (κ3) is 4.54. The SMILES string of the molecule is CCOC(=O)[C@@H]1CCC[NH+]([C@@H](C)C(=O)Nc2ccc(C)c(F)c2)C1. The zero-order valence-electron chi connectivity index (χ0n) is 14.5. The summed E-state index contributed by atoms with van der Waals surface area (Å²) in [7, 11) is 0. The molecule has 1 amide bonds. The Morgan fingerprint density at radius 2 is 2.21 bits per heavy atom. The lowest BCUT2D eigenvalue weighted by Gasteiger charge is -2.32. The number of halogens is 1. The van der Waals surface area contributed by atoms with Gasteiger partial charge in [-0.3, -0.25) is 9.59 Å². The Balaban J connectivity index is 1.96. The number of benzene rings is 1. The molecule has 0 radical (unpaired) electrons. The predicted molar refractivity (Wildman–Crippen MR) is 89.3 cm³/mol. The van der Waals surface area contributed by atoms with Gasteiger partial charge in [-0.1, -0.05) is 6.07 Å². The van der Waals surface area contributed by atoms with Gasteiger partial charge in [0.15, 0.2) is 6.04 Å². The van der Waals surface area contributed by atoms with Gasteiger partial charge in [-0.05, 0) is 51.3 Å². The summed E-state index contributed by atoms with van der Waals surface area (Å²) in [6.07, 6.45) is 1.69. The lowest BCUT2D eigenvalue weighted by atomic mass is 9.97. The standard InChI is InChI=1S/C18H25FN2O3/c1-4-24-18(23)14-6-5-9-21(11-14)13(3)17(22)20-15-8-7-12(2)16(19)10-15/h7-8,10,13-14H,4-6,9,11H2,1-3H3,(H,20,22)/p+1/t13-,14+/m0/s1. The Morgan fingerprint density at radius 3 is 2.88 bits per heavy atom. The van der Waals surface area contributed by atoms with Crippen LogP contribution in [0, 0.1) is 18.7 Å². The lowest BCUT2D eigenvalue weighted by molar-refractivity contribution is -0.921. The number of ether oxygens (including phenoxy) is 1. The molecule has 0 spiro atoms. The van der Waals surface area contributed by atoms with Gasteiger partial charge in [0.25, 0.3) is 5.91 Å². The number of anilines is 1. The molecule has 0 saturated carbocycles. The maximum atomic E-state index is 13.6. The van der Waals surface area contributed by atoms with Crippen molar-refractivity contribution in [2.24, 2.45) is 5.92 Å². The van der Waals surface area contributed by atoms with E-state index in [1.165, 1.54) is 6.07 Å². The summed E-state index contributed by atoms with van der Waals surface area (Å²) in [5.41, 5.74) is 0.994. The summed E-state index contributed by atoms with van der Waals surface area (Å²) < 4.78 is 18.7. The molecule has 0 aromatic heterocycles. The van der Waals surface area contributed by atoms with Crippen LogP contribution in [0.3, 0.4) is 0 Å². The maximum absolute atomic E-state index is 13.6. The number of rotatable bonds is 5. The average molecular weight is 337 g/mol. The van der Waals surface area contributed by atoms with Crippen molar-refractivity contribution in [3.8, 4) is 0 Å². The highest BCUT2D eigenvalue weighted by molar-refractivity contribution is 5.93. The zero-order valence-corrected chi connectivity index (χ0v) is 14.5. The van der Waals surface area contributed by atoms with Crippen LogP contribution in [0.1, 0.15) is 32.3 Å². The quantitative estimate of drug-likeness (QED) is 0.797. The van der Waals surface area contributed by atoms with E-state index in [9.17, 15) is 14.0 Å². The first-order valence-electron chi connectivity index (χ1n) is 8.50. The number of esters is 1. The number of carbonyl (C=O) groups excluding carboxylic acids is 2. The van der Waals surface area contributed by atoms with E-state index in [-0.39, 0.29) is 29.7 Å². The normalized spacial score (nSPS) is 21.8. The predicted octanol–water partition coefficient (Wildman–Crippen LogP) is 1.32. The summed E-state index contributed by atoms with van der Waals surface area (Å²) >= 11 is 0. The number of amides is 1. The monoisotopic (exact) mass is 337 g/mol. The highest BCUT2D eigenvalue weighted by atomic mass is 19.1. The van der Waals surface area contributed by atoms with E-state index in [0.717, 1.165) is 24.3 Å². The molecule has 1 saturated heterocycles. The molecule has 132 valence electrons. The molecule has 1 unspecified atom stereocenters. The highest BCUT2D eigenvalue weighted by Gasteiger charge is 2.34. The molecule has 1 heterocycles. The smallest absolute Gasteiger partial charge is 0.314 e. The number of hydrogen-bond acceptors (Lipinski definition) is 3. The highest BCUT2D eigenvalue weighted by Crippen LogP contribution is 2.14. The fourth-order valence-electron chi connectivity index (χ4n) is 3.06. The minimum Gasteiger partial charge on any atom is -0.466 e. The van der Waals surface area contributed by atoms with Gasteiger partial charge in [-0.2, -0.15) is 0 Å². The first kappa shape index (κ1) is 18.4. The van der Waals surface area contributed by atoms with Gasteiger partial charge in [-0.25, -0.2) is 4.39 Å². The van der Waals surface area contributed by atoms with E-state index >= 15 is 0 Å². The Bertz CT molecular complexity index is 606. The zero-order chi connectivity index (χ0) is 17.7. The number of hydrogen-bond donors (Lipinski definition) is 2. The third-order valence-electron chi connectivity index (χ3n) is 4.62. The van der Waals surface area contributed by atoms with Crippen molar-refractivity contribution in [1.29, 1.82) is 0 Å². The van der Waals surface area contributed by atoms with Crippen LogP contribution >= 0.6 is 0 Å². The van der Waals surface area contributed by atoms with Gasteiger partial charge in [0.2, 0.25) is 0 Å². The molecule has 0 bridgehead atoms. The molecule has 3 atom stereocenters. The molecule has 6 heteroatoms.